The van der Waals surface area contributed by atoms with Crippen molar-refractivity contribution in [3.05, 3.63) is 70.6 Å². The lowest BCUT2D eigenvalue weighted by molar-refractivity contribution is -0.139. The van der Waals surface area contributed by atoms with Crippen LogP contribution < -0.4 is 0 Å². The lowest BCUT2D eigenvalue weighted by Gasteiger charge is -2.31. The molecule has 2 heterocycles. The van der Waals surface area contributed by atoms with Gasteiger partial charge in [-0.15, -0.1) is 0 Å². The lowest BCUT2D eigenvalue weighted by Crippen LogP contribution is -2.36. The average Bonchev–Trinajstić information content (AvgIpc) is 3.09. The summed E-state index contributed by atoms with van der Waals surface area (Å²) in [6.07, 6.45) is 0. The highest BCUT2D eigenvalue weighted by atomic mass is 35.5. The first-order valence-electron chi connectivity index (χ1n) is 8.21. The van der Waals surface area contributed by atoms with Crippen molar-refractivity contribution in [3.8, 4) is 11.4 Å². The standard InChI is InChI=1S/C19H16ClN3O3/c20-14-6-3-5-12(8-14)18-21-17(26-22-18)11-23-9-13-4-1-2-7-15(13)16(10-23)19(24)25/h1-8,16H,9-11H2,(H,24,25). The molecule has 1 unspecified atom stereocenters. The number of carboxylic acid groups (broad SMARTS) is 1. The highest BCUT2D eigenvalue weighted by molar-refractivity contribution is 6.30. The Bertz CT molecular complexity index is 956. The third-order valence-electron chi connectivity index (χ3n) is 4.47. The van der Waals surface area contributed by atoms with Crippen LogP contribution in [-0.4, -0.2) is 32.7 Å². The van der Waals surface area contributed by atoms with Crippen molar-refractivity contribution in [3.63, 3.8) is 0 Å². The molecule has 2 aromatic carbocycles. The van der Waals surface area contributed by atoms with Crippen molar-refractivity contribution in [2.45, 2.75) is 19.0 Å². The molecule has 6 nitrogen and oxygen atoms in total. The largest absolute Gasteiger partial charge is 0.481 e. The van der Waals surface area contributed by atoms with Crippen molar-refractivity contribution in [1.29, 1.82) is 0 Å². The van der Waals surface area contributed by atoms with Crippen LogP contribution in [0.5, 0.6) is 0 Å². The number of aliphatic carboxylic acids is 1. The molecule has 1 N–H and O–H groups in total. The SMILES string of the molecule is O=C(O)C1CN(Cc2nc(-c3cccc(Cl)c3)no2)Cc2ccccc21. The summed E-state index contributed by atoms with van der Waals surface area (Å²) in [7, 11) is 0. The van der Waals surface area contributed by atoms with E-state index >= 15 is 0 Å². The molecular formula is C19H16ClN3O3. The fourth-order valence-corrected chi connectivity index (χ4v) is 3.46. The molecule has 1 atom stereocenters. The normalized spacial score (nSPS) is 17.0. The molecule has 0 spiro atoms. The van der Waals surface area contributed by atoms with Gasteiger partial charge in [0, 0.05) is 23.7 Å². The number of carboxylic acids is 1. The molecule has 4 rings (SSSR count). The molecule has 0 radical (unpaired) electrons. The van der Waals surface area contributed by atoms with Gasteiger partial charge in [-0.1, -0.05) is 53.2 Å². The predicted molar refractivity (Wildman–Crippen MR) is 95.7 cm³/mol. The van der Waals surface area contributed by atoms with E-state index in [2.05, 4.69) is 10.1 Å². The maximum atomic E-state index is 11.6. The van der Waals surface area contributed by atoms with Gasteiger partial charge in [-0.25, -0.2) is 0 Å². The van der Waals surface area contributed by atoms with Crippen LogP contribution in [0.2, 0.25) is 5.02 Å². The van der Waals surface area contributed by atoms with E-state index in [0.29, 0.717) is 36.4 Å². The molecule has 1 aromatic heterocycles. The van der Waals surface area contributed by atoms with Gasteiger partial charge in [0.2, 0.25) is 11.7 Å². The number of hydrogen-bond donors (Lipinski definition) is 1. The average molecular weight is 370 g/mol. The maximum Gasteiger partial charge on any atom is 0.312 e. The van der Waals surface area contributed by atoms with E-state index in [1.807, 2.05) is 41.3 Å². The van der Waals surface area contributed by atoms with E-state index in [1.165, 1.54) is 0 Å². The van der Waals surface area contributed by atoms with Crippen LogP contribution in [0.25, 0.3) is 11.4 Å². The molecule has 1 aliphatic heterocycles. The number of fused-ring (bicyclic) bond motifs is 1. The third-order valence-corrected chi connectivity index (χ3v) is 4.71. The first-order chi connectivity index (χ1) is 12.6. The van der Waals surface area contributed by atoms with E-state index in [0.717, 1.165) is 16.7 Å². The zero-order valence-corrected chi connectivity index (χ0v) is 14.6. The summed E-state index contributed by atoms with van der Waals surface area (Å²) < 4.78 is 5.35. The number of hydrogen-bond acceptors (Lipinski definition) is 5. The predicted octanol–water partition coefficient (Wildman–Crippen LogP) is 3.57. The molecule has 132 valence electrons. The summed E-state index contributed by atoms with van der Waals surface area (Å²) in [5.41, 5.74) is 2.67. The highest BCUT2D eigenvalue weighted by Crippen LogP contribution is 2.29. The van der Waals surface area contributed by atoms with Crippen LogP contribution in [0.4, 0.5) is 0 Å². The number of nitrogens with zero attached hydrogens (tertiary/aromatic N) is 3. The fraction of sp³-hybridized carbons (Fsp3) is 0.211. The van der Waals surface area contributed by atoms with Crippen LogP contribution in [0, 0.1) is 0 Å². The molecule has 0 saturated carbocycles. The fourth-order valence-electron chi connectivity index (χ4n) is 3.27. The number of benzene rings is 2. The van der Waals surface area contributed by atoms with Gasteiger partial charge in [-0.3, -0.25) is 9.69 Å². The molecule has 0 aliphatic carbocycles. The minimum Gasteiger partial charge on any atom is -0.481 e. The van der Waals surface area contributed by atoms with E-state index in [-0.39, 0.29) is 0 Å². The topological polar surface area (TPSA) is 79.5 Å². The van der Waals surface area contributed by atoms with Gasteiger partial charge in [0.05, 0.1) is 12.5 Å². The minimum absolute atomic E-state index is 0.395. The van der Waals surface area contributed by atoms with Crippen LogP contribution in [-0.2, 0) is 17.9 Å². The third kappa shape index (κ3) is 3.34. The maximum absolute atomic E-state index is 11.6. The Morgan fingerprint density at radius 1 is 1.27 bits per heavy atom. The van der Waals surface area contributed by atoms with Gasteiger partial charge in [0.15, 0.2) is 0 Å². The van der Waals surface area contributed by atoms with Crippen molar-refractivity contribution in [2.24, 2.45) is 0 Å². The lowest BCUT2D eigenvalue weighted by atomic mass is 9.90. The van der Waals surface area contributed by atoms with Gasteiger partial charge < -0.3 is 9.63 Å². The zero-order valence-electron chi connectivity index (χ0n) is 13.8. The first kappa shape index (κ1) is 16.8. The van der Waals surface area contributed by atoms with Crippen LogP contribution >= 0.6 is 11.6 Å². The Balaban J connectivity index is 1.54. The van der Waals surface area contributed by atoms with Crippen LogP contribution in [0.1, 0.15) is 22.9 Å². The molecular weight excluding hydrogens is 354 g/mol. The molecule has 1 aliphatic rings. The van der Waals surface area contributed by atoms with E-state index < -0.39 is 11.9 Å². The molecule has 26 heavy (non-hydrogen) atoms. The highest BCUT2D eigenvalue weighted by Gasteiger charge is 2.30. The summed E-state index contributed by atoms with van der Waals surface area (Å²) >= 11 is 6.00. The van der Waals surface area contributed by atoms with Gasteiger partial charge in [-0.2, -0.15) is 4.98 Å². The Morgan fingerprint density at radius 2 is 2.12 bits per heavy atom. The Morgan fingerprint density at radius 3 is 2.92 bits per heavy atom. The monoisotopic (exact) mass is 369 g/mol. The quantitative estimate of drug-likeness (QED) is 0.757. The molecule has 0 fully saturated rings. The summed E-state index contributed by atoms with van der Waals surface area (Å²) in [5, 5.41) is 14.2. The summed E-state index contributed by atoms with van der Waals surface area (Å²) in [4.78, 5) is 18.1. The van der Waals surface area contributed by atoms with E-state index in [1.54, 1.807) is 12.1 Å². The van der Waals surface area contributed by atoms with Gasteiger partial charge in [0.25, 0.3) is 0 Å². The van der Waals surface area contributed by atoms with Crippen molar-refractivity contribution in [2.75, 3.05) is 6.54 Å². The molecule has 3 aromatic rings. The van der Waals surface area contributed by atoms with Crippen molar-refractivity contribution >= 4 is 17.6 Å². The number of aromatic nitrogens is 2. The first-order valence-corrected chi connectivity index (χ1v) is 8.59. The van der Waals surface area contributed by atoms with Crippen molar-refractivity contribution in [1.82, 2.24) is 15.0 Å². The second kappa shape index (κ2) is 6.90. The molecule has 0 bridgehead atoms. The summed E-state index contributed by atoms with van der Waals surface area (Å²) in [6, 6.07) is 14.9. The van der Waals surface area contributed by atoms with Gasteiger partial charge in [0.1, 0.15) is 0 Å². The van der Waals surface area contributed by atoms with Gasteiger partial charge >= 0.3 is 5.97 Å². The smallest absolute Gasteiger partial charge is 0.312 e. The molecule has 0 amide bonds. The number of carbonyl (C=O) groups is 1. The van der Waals surface area contributed by atoms with Crippen LogP contribution in [0.3, 0.4) is 0 Å². The minimum atomic E-state index is -0.827. The zero-order chi connectivity index (χ0) is 18.1. The van der Waals surface area contributed by atoms with Gasteiger partial charge in [-0.05, 0) is 23.3 Å². The molecule has 7 heteroatoms. The Labute approximate surface area is 155 Å². The Hall–Kier alpha value is -2.70. The summed E-state index contributed by atoms with van der Waals surface area (Å²) in [6.45, 7) is 1.45. The number of rotatable bonds is 4. The molecule has 0 saturated heterocycles. The second-order valence-corrected chi connectivity index (χ2v) is 6.72. The Kier molecular flexibility index (Phi) is 4.44. The summed E-state index contributed by atoms with van der Waals surface area (Å²) in [5.74, 6) is -0.472. The van der Waals surface area contributed by atoms with Crippen molar-refractivity contribution < 1.29 is 14.4 Å². The second-order valence-electron chi connectivity index (χ2n) is 6.28. The number of halogens is 1. The van der Waals surface area contributed by atoms with Crippen LogP contribution in [0.15, 0.2) is 53.1 Å². The van der Waals surface area contributed by atoms with E-state index in [4.69, 9.17) is 16.1 Å². The van der Waals surface area contributed by atoms with E-state index in [9.17, 15) is 9.90 Å².